The van der Waals surface area contributed by atoms with E-state index in [9.17, 15) is 4.79 Å². The lowest BCUT2D eigenvalue weighted by Gasteiger charge is -2.29. The Labute approximate surface area is 106 Å². The van der Waals surface area contributed by atoms with Crippen LogP contribution in [0.5, 0.6) is 5.75 Å². The molecule has 2 unspecified atom stereocenters. The number of nitrogens with two attached hydrogens (primary N) is 2. The van der Waals surface area contributed by atoms with Crippen LogP contribution in [0.1, 0.15) is 36.0 Å². The minimum Gasteiger partial charge on any atom is -0.487 e. The third kappa shape index (κ3) is 2.73. The van der Waals surface area contributed by atoms with Gasteiger partial charge in [0.25, 0.3) is 0 Å². The van der Waals surface area contributed by atoms with Crippen molar-refractivity contribution in [3.63, 3.8) is 0 Å². The molecule has 0 aliphatic heterocycles. The maximum atomic E-state index is 10.8. The van der Waals surface area contributed by atoms with Gasteiger partial charge in [0.1, 0.15) is 11.9 Å². The molecule has 5 heteroatoms. The van der Waals surface area contributed by atoms with Gasteiger partial charge in [-0.25, -0.2) is 4.79 Å². The molecule has 1 fully saturated rings. The van der Waals surface area contributed by atoms with Gasteiger partial charge in [-0.1, -0.05) is 6.42 Å². The molecule has 0 spiro atoms. The van der Waals surface area contributed by atoms with Gasteiger partial charge in [0.2, 0.25) is 0 Å². The van der Waals surface area contributed by atoms with Crippen LogP contribution < -0.4 is 16.2 Å². The van der Waals surface area contributed by atoms with Gasteiger partial charge < -0.3 is 21.3 Å². The predicted molar refractivity (Wildman–Crippen MR) is 68.7 cm³/mol. The highest BCUT2D eigenvalue weighted by Gasteiger charge is 2.24. The third-order valence-electron chi connectivity index (χ3n) is 3.29. The lowest BCUT2D eigenvalue weighted by atomic mass is 9.93. The molecule has 1 aliphatic rings. The van der Waals surface area contributed by atoms with Crippen molar-refractivity contribution in [2.24, 2.45) is 5.73 Å². The van der Waals surface area contributed by atoms with Gasteiger partial charge in [-0.3, -0.25) is 0 Å². The Hall–Kier alpha value is -1.75. The number of carboxylic acids is 1. The first-order valence-corrected chi connectivity index (χ1v) is 6.13. The lowest BCUT2D eigenvalue weighted by molar-refractivity contribution is 0.0697. The summed E-state index contributed by atoms with van der Waals surface area (Å²) in [5.41, 5.74) is 12.3. The topological polar surface area (TPSA) is 98.6 Å². The molecule has 0 bridgehead atoms. The largest absolute Gasteiger partial charge is 0.487 e. The maximum Gasteiger partial charge on any atom is 0.335 e. The van der Waals surface area contributed by atoms with E-state index in [4.69, 9.17) is 21.3 Å². The Morgan fingerprint density at radius 2 is 2.06 bits per heavy atom. The molecule has 0 aromatic heterocycles. The number of carboxylic acid groups (broad SMARTS) is 1. The Balaban J connectivity index is 2.11. The van der Waals surface area contributed by atoms with Crippen LogP contribution in [0.15, 0.2) is 18.2 Å². The summed E-state index contributed by atoms with van der Waals surface area (Å²) in [6, 6.07) is 4.52. The third-order valence-corrected chi connectivity index (χ3v) is 3.29. The maximum absolute atomic E-state index is 10.8. The highest BCUT2D eigenvalue weighted by molar-refractivity contribution is 5.89. The van der Waals surface area contributed by atoms with Gasteiger partial charge in [0.15, 0.2) is 0 Å². The molecule has 5 nitrogen and oxygen atoms in total. The van der Waals surface area contributed by atoms with Crippen molar-refractivity contribution in [3.8, 4) is 5.75 Å². The van der Waals surface area contributed by atoms with E-state index in [1.807, 2.05) is 0 Å². The number of hydrogen-bond donors (Lipinski definition) is 3. The van der Waals surface area contributed by atoms with Gasteiger partial charge in [-0.15, -0.1) is 0 Å². The van der Waals surface area contributed by atoms with Crippen LogP contribution in [0.25, 0.3) is 0 Å². The van der Waals surface area contributed by atoms with E-state index in [0.717, 1.165) is 25.7 Å². The summed E-state index contributed by atoms with van der Waals surface area (Å²) in [6.07, 6.45) is 4.08. The monoisotopic (exact) mass is 250 g/mol. The van der Waals surface area contributed by atoms with Crippen LogP contribution in [0.3, 0.4) is 0 Å². The summed E-state index contributed by atoms with van der Waals surface area (Å²) in [5, 5.41) is 8.85. The highest BCUT2D eigenvalue weighted by atomic mass is 16.5. The number of hydrogen-bond acceptors (Lipinski definition) is 4. The molecule has 18 heavy (non-hydrogen) atoms. The van der Waals surface area contributed by atoms with Crippen LogP contribution in [-0.2, 0) is 0 Å². The fourth-order valence-corrected chi connectivity index (χ4v) is 2.22. The van der Waals surface area contributed by atoms with Crippen molar-refractivity contribution in [1.82, 2.24) is 0 Å². The number of rotatable bonds is 3. The van der Waals surface area contributed by atoms with E-state index >= 15 is 0 Å². The fraction of sp³-hybridized carbons (Fsp3) is 0.462. The highest BCUT2D eigenvalue weighted by Crippen LogP contribution is 2.28. The second-order valence-electron chi connectivity index (χ2n) is 4.66. The van der Waals surface area contributed by atoms with E-state index in [0.29, 0.717) is 11.4 Å². The first-order chi connectivity index (χ1) is 8.58. The summed E-state index contributed by atoms with van der Waals surface area (Å²) in [5.74, 6) is -0.482. The zero-order chi connectivity index (χ0) is 13.1. The molecule has 0 radical (unpaired) electrons. The Bertz CT molecular complexity index is 448. The molecule has 0 heterocycles. The molecule has 0 saturated heterocycles. The zero-order valence-electron chi connectivity index (χ0n) is 10.1. The zero-order valence-corrected chi connectivity index (χ0v) is 10.1. The van der Waals surface area contributed by atoms with E-state index in [-0.39, 0.29) is 17.7 Å². The van der Waals surface area contributed by atoms with E-state index in [1.54, 1.807) is 6.07 Å². The van der Waals surface area contributed by atoms with Crippen molar-refractivity contribution in [3.05, 3.63) is 23.8 Å². The molecule has 1 aliphatic carbocycles. The van der Waals surface area contributed by atoms with Gasteiger partial charge in [0, 0.05) is 6.04 Å². The van der Waals surface area contributed by atoms with Gasteiger partial charge >= 0.3 is 5.97 Å². The number of anilines is 1. The molecular formula is C13H18N2O3. The van der Waals surface area contributed by atoms with E-state index in [1.165, 1.54) is 12.1 Å². The average molecular weight is 250 g/mol. The summed E-state index contributed by atoms with van der Waals surface area (Å²) in [4.78, 5) is 10.8. The number of nitrogen functional groups attached to an aromatic ring is 1. The molecule has 1 aromatic carbocycles. The quantitative estimate of drug-likeness (QED) is 0.708. The number of aromatic carboxylic acids is 1. The van der Waals surface area contributed by atoms with E-state index < -0.39 is 5.97 Å². The van der Waals surface area contributed by atoms with Gasteiger partial charge in [-0.2, -0.15) is 0 Å². The molecule has 5 N–H and O–H groups in total. The SMILES string of the molecule is Nc1cc(C(=O)O)ccc1OC1CCCCC1N. The average Bonchev–Trinajstić information content (AvgIpc) is 2.34. The van der Waals surface area contributed by atoms with Gasteiger partial charge in [0.05, 0.1) is 11.3 Å². The van der Waals surface area contributed by atoms with E-state index in [2.05, 4.69) is 0 Å². The second-order valence-corrected chi connectivity index (χ2v) is 4.66. The summed E-state index contributed by atoms with van der Waals surface area (Å²) >= 11 is 0. The minimum absolute atomic E-state index is 0.0253. The molecular weight excluding hydrogens is 232 g/mol. The van der Waals surface area contributed by atoms with Crippen LogP contribution in [0.2, 0.25) is 0 Å². The first-order valence-electron chi connectivity index (χ1n) is 6.13. The Morgan fingerprint density at radius 3 is 2.67 bits per heavy atom. The second kappa shape index (κ2) is 5.27. The van der Waals surface area contributed by atoms with Crippen molar-refractivity contribution in [2.45, 2.75) is 37.8 Å². The Morgan fingerprint density at radius 1 is 1.33 bits per heavy atom. The molecule has 0 amide bonds. The van der Waals surface area contributed by atoms with Crippen LogP contribution >= 0.6 is 0 Å². The minimum atomic E-state index is -0.998. The van der Waals surface area contributed by atoms with Crippen molar-refractivity contribution >= 4 is 11.7 Å². The summed E-state index contributed by atoms with van der Waals surface area (Å²) in [6.45, 7) is 0. The molecule has 2 atom stereocenters. The number of ether oxygens (including phenoxy) is 1. The standard InChI is InChI=1S/C13H18N2O3/c14-9-3-1-2-4-11(9)18-12-6-5-8(13(16)17)7-10(12)15/h5-7,9,11H,1-4,14-15H2,(H,16,17). The number of carbonyl (C=O) groups is 1. The normalized spacial score (nSPS) is 23.6. The van der Waals surface area contributed by atoms with Gasteiger partial charge in [-0.05, 0) is 37.5 Å². The molecule has 1 saturated carbocycles. The van der Waals surface area contributed by atoms with Crippen LogP contribution in [0.4, 0.5) is 5.69 Å². The van der Waals surface area contributed by atoms with Crippen LogP contribution in [0, 0.1) is 0 Å². The first kappa shape index (κ1) is 12.7. The smallest absolute Gasteiger partial charge is 0.335 e. The molecule has 2 rings (SSSR count). The van der Waals surface area contributed by atoms with Crippen LogP contribution in [-0.4, -0.2) is 23.2 Å². The predicted octanol–water partition coefficient (Wildman–Crippen LogP) is 1.62. The summed E-state index contributed by atoms with van der Waals surface area (Å²) in [7, 11) is 0. The molecule has 98 valence electrons. The van der Waals surface area contributed by atoms with Crippen molar-refractivity contribution in [1.29, 1.82) is 0 Å². The summed E-state index contributed by atoms with van der Waals surface area (Å²) < 4.78 is 5.79. The Kier molecular flexibility index (Phi) is 3.72. The number of benzene rings is 1. The van der Waals surface area contributed by atoms with Crippen molar-refractivity contribution in [2.75, 3.05) is 5.73 Å². The fourth-order valence-electron chi connectivity index (χ4n) is 2.22. The lowest BCUT2D eigenvalue weighted by Crippen LogP contribution is -2.41. The molecule has 1 aromatic rings. The van der Waals surface area contributed by atoms with Crippen molar-refractivity contribution < 1.29 is 14.6 Å².